The fourth-order valence-corrected chi connectivity index (χ4v) is 11.9. The number of furan rings is 2. The molecule has 2 heterocycles. The van der Waals surface area contributed by atoms with E-state index in [0.29, 0.717) is 0 Å². The molecule has 1 spiro atoms. The molecule has 2 nitrogen and oxygen atoms in total. The first-order chi connectivity index (χ1) is 33.8. The molecule has 12 aromatic rings. The van der Waals surface area contributed by atoms with E-state index in [2.05, 4.69) is 243 Å². The molecule has 0 radical (unpaired) electrons. The van der Waals surface area contributed by atoms with Crippen molar-refractivity contribution in [3.05, 3.63) is 288 Å². The van der Waals surface area contributed by atoms with Crippen LogP contribution in [0.2, 0.25) is 0 Å². The molecule has 68 heavy (non-hydrogen) atoms. The Morgan fingerprint density at radius 1 is 0.309 bits per heavy atom. The van der Waals surface area contributed by atoms with E-state index in [1.165, 1.54) is 61.2 Å². The van der Waals surface area contributed by atoms with Gasteiger partial charge < -0.3 is 8.83 Å². The van der Waals surface area contributed by atoms with E-state index in [-0.39, 0.29) is 5.92 Å². The molecule has 2 aromatic heterocycles. The zero-order valence-corrected chi connectivity index (χ0v) is 37.1. The van der Waals surface area contributed by atoms with Crippen molar-refractivity contribution in [1.82, 2.24) is 0 Å². The minimum Gasteiger partial charge on any atom is -0.455 e. The molecule has 0 bridgehead atoms. The van der Waals surface area contributed by atoms with Gasteiger partial charge in [0, 0.05) is 44.5 Å². The standard InChI is InChI=1S/C66H42O2/c1-4-20-42(21-5-1)47-26-10-11-30-52(47)59(45-40-38-43(39-41-45)48-31-18-32-53-51-29-14-17-37-58(51)67-64(48)53)54-33-19-36-57-61(54)65-62(66(57)55-34-15-12-27-49(55)50-28-13-16-35-56(50)66)60(44-22-6-2-7-23-44)63(68-65)46-24-8-3-9-25-46/h1-41,59H. The van der Waals surface area contributed by atoms with Crippen molar-refractivity contribution < 1.29 is 8.83 Å². The summed E-state index contributed by atoms with van der Waals surface area (Å²) in [6.45, 7) is 0. The summed E-state index contributed by atoms with van der Waals surface area (Å²) in [6, 6.07) is 90.5. The molecule has 0 saturated carbocycles. The molecule has 1 unspecified atom stereocenters. The molecule has 1 atom stereocenters. The third kappa shape index (κ3) is 5.52. The molecular formula is C66H42O2. The van der Waals surface area contributed by atoms with Crippen LogP contribution in [0.15, 0.2) is 258 Å². The van der Waals surface area contributed by atoms with Crippen molar-refractivity contribution >= 4 is 21.9 Å². The largest absolute Gasteiger partial charge is 0.455 e. The molecule has 14 rings (SSSR count). The maximum absolute atomic E-state index is 7.65. The van der Waals surface area contributed by atoms with Gasteiger partial charge in [-0.15, -0.1) is 0 Å². The van der Waals surface area contributed by atoms with Crippen LogP contribution in [0.25, 0.3) is 89.1 Å². The van der Waals surface area contributed by atoms with Crippen LogP contribution in [-0.4, -0.2) is 0 Å². The van der Waals surface area contributed by atoms with Crippen LogP contribution in [0.3, 0.4) is 0 Å². The van der Waals surface area contributed by atoms with Crippen LogP contribution >= 0.6 is 0 Å². The Kier molecular flexibility index (Phi) is 8.60. The summed E-state index contributed by atoms with van der Waals surface area (Å²) < 4.78 is 14.2. The van der Waals surface area contributed by atoms with E-state index in [0.717, 1.165) is 66.8 Å². The number of rotatable bonds is 7. The smallest absolute Gasteiger partial charge is 0.143 e. The molecule has 0 saturated heterocycles. The van der Waals surface area contributed by atoms with Crippen molar-refractivity contribution in [3.8, 4) is 67.2 Å². The lowest BCUT2D eigenvalue weighted by atomic mass is 9.68. The second-order valence-corrected chi connectivity index (χ2v) is 18.1. The quantitative estimate of drug-likeness (QED) is 0.149. The van der Waals surface area contributed by atoms with E-state index >= 15 is 0 Å². The van der Waals surface area contributed by atoms with Crippen LogP contribution in [0.5, 0.6) is 0 Å². The van der Waals surface area contributed by atoms with Gasteiger partial charge in [0.15, 0.2) is 0 Å². The molecule has 0 fully saturated rings. The summed E-state index contributed by atoms with van der Waals surface area (Å²) in [7, 11) is 0. The van der Waals surface area contributed by atoms with Crippen molar-refractivity contribution in [2.45, 2.75) is 11.3 Å². The molecule has 2 heteroatoms. The third-order valence-electron chi connectivity index (χ3n) is 14.7. The first-order valence-electron chi connectivity index (χ1n) is 23.5. The number of hydrogen-bond acceptors (Lipinski definition) is 2. The molecule has 10 aromatic carbocycles. The van der Waals surface area contributed by atoms with Crippen molar-refractivity contribution in [2.75, 3.05) is 0 Å². The molecular weight excluding hydrogens is 825 g/mol. The maximum Gasteiger partial charge on any atom is 0.143 e. The second-order valence-electron chi connectivity index (χ2n) is 18.1. The lowest BCUT2D eigenvalue weighted by Crippen LogP contribution is -2.26. The minimum atomic E-state index is -0.659. The monoisotopic (exact) mass is 866 g/mol. The Hall–Kier alpha value is -8.72. The summed E-state index contributed by atoms with van der Waals surface area (Å²) in [4.78, 5) is 0. The lowest BCUT2D eigenvalue weighted by Gasteiger charge is -2.31. The SMILES string of the molecule is c1ccc(-c2ccccc2C(c2ccc(-c3cccc4c3oc3ccccc34)cc2)c2cccc3c2-c2oc(-c4ccccc4)c(-c4ccccc4)c2C32c3ccccc3-c3ccccc32)cc1. The van der Waals surface area contributed by atoms with Crippen LogP contribution in [0.4, 0.5) is 0 Å². The van der Waals surface area contributed by atoms with E-state index in [4.69, 9.17) is 8.83 Å². The molecule has 2 aliphatic carbocycles. The van der Waals surface area contributed by atoms with Gasteiger partial charge in [0.05, 0.1) is 5.41 Å². The lowest BCUT2D eigenvalue weighted by molar-refractivity contribution is 0.596. The van der Waals surface area contributed by atoms with Gasteiger partial charge >= 0.3 is 0 Å². The van der Waals surface area contributed by atoms with E-state index in [9.17, 15) is 0 Å². The third-order valence-corrected chi connectivity index (χ3v) is 14.7. The highest BCUT2D eigenvalue weighted by atomic mass is 16.3. The Morgan fingerprint density at radius 2 is 0.824 bits per heavy atom. The van der Waals surface area contributed by atoms with Gasteiger partial charge in [0.1, 0.15) is 22.7 Å². The number of fused-ring (bicyclic) bond motifs is 13. The summed E-state index contributed by atoms with van der Waals surface area (Å²) >= 11 is 0. The van der Waals surface area contributed by atoms with Crippen LogP contribution < -0.4 is 0 Å². The molecule has 318 valence electrons. The number of para-hydroxylation sites is 2. The van der Waals surface area contributed by atoms with Gasteiger partial charge in [0.2, 0.25) is 0 Å². The topological polar surface area (TPSA) is 26.3 Å². The van der Waals surface area contributed by atoms with Crippen LogP contribution in [0.1, 0.15) is 44.9 Å². The van der Waals surface area contributed by atoms with Gasteiger partial charge in [-0.3, -0.25) is 0 Å². The fourth-order valence-electron chi connectivity index (χ4n) is 11.9. The highest BCUT2D eigenvalue weighted by Crippen LogP contribution is 2.67. The highest BCUT2D eigenvalue weighted by molar-refractivity contribution is 6.09. The normalized spacial score (nSPS) is 13.4. The first-order valence-corrected chi connectivity index (χ1v) is 23.5. The Balaban J connectivity index is 1.08. The Labute approximate surface area is 395 Å². The molecule has 0 amide bonds. The summed E-state index contributed by atoms with van der Waals surface area (Å²) in [5.41, 5.74) is 21.3. The molecule has 0 aliphatic heterocycles. The van der Waals surface area contributed by atoms with Crippen molar-refractivity contribution in [2.24, 2.45) is 0 Å². The van der Waals surface area contributed by atoms with Gasteiger partial charge in [-0.25, -0.2) is 0 Å². The fraction of sp³-hybridized carbons (Fsp3) is 0.0303. The highest BCUT2D eigenvalue weighted by Gasteiger charge is 2.56. The summed E-state index contributed by atoms with van der Waals surface area (Å²) in [5.74, 6) is 1.63. The minimum absolute atomic E-state index is 0.183. The first kappa shape index (κ1) is 38.5. The van der Waals surface area contributed by atoms with E-state index in [1.54, 1.807) is 0 Å². The van der Waals surface area contributed by atoms with Crippen LogP contribution in [-0.2, 0) is 5.41 Å². The average molecular weight is 867 g/mol. The second kappa shape index (κ2) is 15.2. The zero-order valence-electron chi connectivity index (χ0n) is 37.1. The number of benzene rings is 10. The Morgan fingerprint density at radius 3 is 1.54 bits per heavy atom. The predicted octanol–water partition coefficient (Wildman–Crippen LogP) is 17.4. The Bertz CT molecular complexity index is 3850. The predicted molar refractivity (Wildman–Crippen MR) is 278 cm³/mol. The van der Waals surface area contributed by atoms with E-state index < -0.39 is 5.41 Å². The molecule has 0 N–H and O–H groups in total. The van der Waals surface area contributed by atoms with Crippen LogP contribution in [0, 0.1) is 0 Å². The van der Waals surface area contributed by atoms with Gasteiger partial charge in [0.25, 0.3) is 0 Å². The summed E-state index contributed by atoms with van der Waals surface area (Å²) in [6.07, 6.45) is 0. The zero-order chi connectivity index (χ0) is 44.8. The van der Waals surface area contributed by atoms with Crippen molar-refractivity contribution in [3.63, 3.8) is 0 Å². The average Bonchev–Trinajstić information content (AvgIpc) is 4.15. The van der Waals surface area contributed by atoms with E-state index in [1.807, 2.05) is 6.07 Å². The maximum atomic E-state index is 7.65. The van der Waals surface area contributed by atoms with Gasteiger partial charge in [-0.1, -0.05) is 243 Å². The van der Waals surface area contributed by atoms with Gasteiger partial charge in [-0.2, -0.15) is 0 Å². The van der Waals surface area contributed by atoms with Crippen molar-refractivity contribution in [1.29, 1.82) is 0 Å². The van der Waals surface area contributed by atoms with Gasteiger partial charge in [-0.05, 0) is 72.8 Å². The summed E-state index contributed by atoms with van der Waals surface area (Å²) in [5, 5.41) is 2.25. The number of hydrogen-bond donors (Lipinski definition) is 0. The molecule has 2 aliphatic rings.